The first-order valence-corrected chi connectivity index (χ1v) is 5.86. The van der Waals surface area contributed by atoms with Crippen LogP contribution in [0.4, 0.5) is 5.69 Å². The topological polar surface area (TPSA) is 48.1 Å². The zero-order valence-corrected chi connectivity index (χ0v) is 10.9. The third-order valence-electron chi connectivity index (χ3n) is 1.94. The zero-order valence-electron chi connectivity index (χ0n) is 9.33. The summed E-state index contributed by atoms with van der Waals surface area (Å²) >= 11 is 3.37. The van der Waals surface area contributed by atoms with Crippen molar-refractivity contribution in [1.82, 2.24) is 4.98 Å². The molecular formula is C11H17BrN2O. The van der Waals surface area contributed by atoms with Gasteiger partial charge < -0.3 is 10.5 Å². The van der Waals surface area contributed by atoms with Gasteiger partial charge in [-0.15, -0.1) is 0 Å². The Hall–Kier alpha value is -0.770. The van der Waals surface area contributed by atoms with E-state index in [-0.39, 0.29) is 6.10 Å². The summed E-state index contributed by atoms with van der Waals surface area (Å²) in [6.45, 7) is 6.39. The van der Waals surface area contributed by atoms with Crippen molar-refractivity contribution in [3.05, 3.63) is 16.7 Å². The van der Waals surface area contributed by atoms with Gasteiger partial charge in [0.1, 0.15) is 0 Å². The predicted octanol–water partition coefficient (Wildman–Crippen LogP) is 3.24. The first-order valence-electron chi connectivity index (χ1n) is 5.06. The SMILES string of the molecule is CC(C)CC(C)Oc1ncc(N)cc1Br. The molecule has 0 aliphatic heterocycles. The molecule has 0 aliphatic carbocycles. The van der Waals surface area contributed by atoms with Gasteiger partial charge in [0.05, 0.1) is 22.5 Å². The molecule has 0 bridgehead atoms. The van der Waals surface area contributed by atoms with E-state index >= 15 is 0 Å². The molecular weight excluding hydrogens is 256 g/mol. The molecule has 0 aromatic carbocycles. The van der Waals surface area contributed by atoms with Crippen molar-refractivity contribution in [2.24, 2.45) is 5.92 Å². The first kappa shape index (κ1) is 12.3. The fraction of sp³-hybridized carbons (Fsp3) is 0.545. The van der Waals surface area contributed by atoms with Gasteiger partial charge >= 0.3 is 0 Å². The second kappa shape index (κ2) is 5.35. The maximum Gasteiger partial charge on any atom is 0.228 e. The molecule has 1 aromatic rings. The van der Waals surface area contributed by atoms with Crippen LogP contribution in [-0.4, -0.2) is 11.1 Å². The minimum Gasteiger partial charge on any atom is -0.474 e. The number of nitrogen functional groups attached to an aromatic ring is 1. The molecule has 0 aliphatic rings. The van der Waals surface area contributed by atoms with Gasteiger partial charge in [-0.2, -0.15) is 0 Å². The van der Waals surface area contributed by atoms with Crippen molar-refractivity contribution in [2.75, 3.05) is 5.73 Å². The smallest absolute Gasteiger partial charge is 0.228 e. The van der Waals surface area contributed by atoms with E-state index in [9.17, 15) is 0 Å². The number of hydrogen-bond acceptors (Lipinski definition) is 3. The van der Waals surface area contributed by atoms with Gasteiger partial charge in [0.15, 0.2) is 0 Å². The molecule has 0 saturated heterocycles. The van der Waals surface area contributed by atoms with Crippen LogP contribution < -0.4 is 10.5 Å². The number of ether oxygens (including phenoxy) is 1. The van der Waals surface area contributed by atoms with Crippen molar-refractivity contribution >= 4 is 21.6 Å². The largest absolute Gasteiger partial charge is 0.474 e. The molecule has 0 radical (unpaired) electrons. The molecule has 1 heterocycles. The van der Waals surface area contributed by atoms with E-state index in [0.29, 0.717) is 17.5 Å². The molecule has 1 unspecified atom stereocenters. The maximum atomic E-state index is 5.70. The first-order chi connectivity index (χ1) is 6.99. The van der Waals surface area contributed by atoms with Crippen molar-refractivity contribution < 1.29 is 4.74 Å². The van der Waals surface area contributed by atoms with Crippen LogP contribution in [0.2, 0.25) is 0 Å². The normalized spacial score (nSPS) is 12.9. The highest BCUT2D eigenvalue weighted by Gasteiger charge is 2.10. The summed E-state index contributed by atoms with van der Waals surface area (Å²) in [7, 11) is 0. The molecule has 0 saturated carbocycles. The second-order valence-corrected chi connectivity index (χ2v) is 4.97. The average Bonchev–Trinajstić information content (AvgIpc) is 2.08. The molecule has 4 heteroatoms. The van der Waals surface area contributed by atoms with Crippen LogP contribution in [0.1, 0.15) is 27.2 Å². The van der Waals surface area contributed by atoms with E-state index in [4.69, 9.17) is 10.5 Å². The van der Waals surface area contributed by atoms with Crippen molar-refractivity contribution in [3.8, 4) is 5.88 Å². The highest BCUT2D eigenvalue weighted by Crippen LogP contribution is 2.25. The molecule has 0 fully saturated rings. The van der Waals surface area contributed by atoms with Gasteiger partial charge in [-0.05, 0) is 41.3 Å². The van der Waals surface area contributed by atoms with E-state index in [2.05, 4.69) is 34.8 Å². The number of aromatic nitrogens is 1. The van der Waals surface area contributed by atoms with E-state index in [1.54, 1.807) is 12.3 Å². The number of rotatable bonds is 4. The maximum absolute atomic E-state index is 5.70. The molecule has 15 heavy (non-hydrogen) atoms. The Kier molecular flexibility index (Phi) is 4.39. The molecule has 0 spiro atoms. The van der Waals surface area contributed by atoms with Gasteiger partial charge in [-0.25, -0.2) is 4.98 Å². The van der Waals surface area contributed by atoms with E-state index in [1.165, 1.54) is 0 Å². The van der Waals surface area contributed by atoms with E-state index in [1.807, 2.05) is 6.92 Å². The van der Waals surface area contributed by atoms with Gasteiger partial charge in [-0.3, -0.25) is 0 Å². The number of anilines is 1. The van der Waals surface area contributed by atoms with Gasteiger partial charge in [-0.1, -0.05) is 13.8 Å². The third kappa shape index (κ3) is 4.08. The van der Waals surface area contributed by atoms with Crippen LogP contribution in [0.25, 0.3) is 0 Å². The zero-order chi connectivity index (χ0) is 11.4. The highest BCUT2D eigenvalue weighted by atomic mass is 79.9. The summed E-state index contributed by atoms with van der Waals surface area (Å²) in [5.41, 5.74) is 6.22. The van der Waals surface area contributed by atoms with Gasteiger partial charge in [0.25, 0.3) is 0 Å². The lowest BCUT2D eigenvalue weighted by Gasteiger charge is -2.16. The Labute approximate surface area is 99.2 Å². The summed E-state index contributed by atoms with van der Waals surface area (Å²) < 4.78 is 6.50. The van der Waals surface area contributed by atoms with E-state index < -0.39 is 0 Å². The number of nitrogens with two attached hydrogens (primary N) is 1. The van der Waals surface area contributed by atoms with Crippen LogP contribution >= 0.6 is 15.9 Å². The summed E-state index contributed by atoms with van der Waals surface area (Å²) in [5.74, 6) is 1.23. The molecule has 2 N–H and O–H groups in total. The predicted molar refractivity (Wildman–Crippen MR) is 65.9 cm³/mol. The molecule has 0 amide bonds. The summed E-state index contributed by atoms with van der Waals surface area (Å²) in [6.07, 6.45) is 2.78. The number of nitrogens with zero attached hydrogens (tertiary/aromatic N) is 1. The van der Waals surface area contributed by atoms with Crippen molar-refractivity contribution in [3.63, 3.8) is 0 Å². The lowest BCUT2D eigenvalue weighted by Crippen LogP contribution is -2.15. The molecule has 84 valence electrons. The van der Waals surface area contributed by atoms with Crippen LogP contribution in [0.3, 0.4) is 0 Å². The Morgan fingerprint density at radius 1 is 1.47 bits per heavy atom. The summed E-state index contributed by atoms with van der Waals surface area (Å²) in [4.78, 5) is 4.13. The van der Waals surface area contributed by atoms with Crippen LogP contribution in [0, 0.1) is 5.92 Å². The lowest BCUT2D eigenvalue weighted by atomic mass is 10.1. The molecule has 3 nitrogen and oxygen atoms in total. The number of halogens is 1. The molecule has 1 aromatic heterocycles. The average molecular weight is 273 g/mol. The molecule has 1 atom stereocenters. The molecule has 1 rings (SSSR count). The van der Waals surface area contributed by atoms with E-state index in [0.717, 1.165) is 10.9 Å². The monoisotopic (exact) mass is 272 g/mol. The Morgan fingerprint density at radius 3 is 2.67 bits per heavy atom. The van der Waals surface area contributed by atoms with Crippen LogP contribution in [0.15, 0.2) is 16.7 Å². The summed E-state index contributed by atoms with van der Waals surface area (Å²) in [5, 5.41) is 0. The minimum atomic E-state index is 0.164. The lowest BCUT2D eigenvalue weighted by molar-refractivity contribution is 0.184. The van der Waals surface area contributed by atoms with Gasteiger partial charge in [0.2, 0.25) is 5.88 Å². The fourth-order valence-corrected chi connectivity index (χ4v) is 1.89. The Balaban J connectivity index is 2.64. The van der Waals surface area contributed by atoms with Crippen LogP contribution in [0.5, 0.6) is 5.88 Å². The minimum absolute atomic E-state index is 0.164. The highest BCUT2D eigenvalue weighted by molar-refractivity contribution is 9.10. The second-order valence-electron chi connectivity index (χ2n) is 4.11. The number of pyridine rings is 1. The standard InChI is InChI=1S/C11H17BrN2O/c1-7(2)4-8(3)15-11-10(12)5-9(13)6-14-11/h5-8H,4,13H2,1-3H3. The van der Waals surface area contributed by atoms with Gasteiger partial charge in [0, 0.05) is 0 Å². The van der Waals surface area contributed by atoms with Crippen molar-refractivity contribution in [2.45, 2.75) is 33.3 Å². The quantitative estimate of drug-likeness (QED) is 0.916. The van der Waals surface area contributed by atoms with Crippen molar-refractivity contribution in [1.29, 1.82) is 0 Å². The third-order valence-corrected chi connectivity index (χ3v) is 2.51. The Bertz CT molecular complexity index is 328. The number of hydrogen-bond donors (Lipinski definition) is 1. The van der Waals surface area contributed by atoms with Crippen LogP contribution in [-0.2, 0) is 0 Å². The summed E-state index contributed by atoms with van der Waals surface area (Å²) in [6, 6.07) is 1.80. The Morgan fingerprint density at radius 2 is 2.13 bits per heavy atom. The fourth-order valence-electron chi connectivity index (χ4n) is 1.43.